The van der Waals surface area contributed by atoms with Gasteiger partial charge in [0.25, 0.3) is 0 Å². The minimum Gasteiger partial charge on any atom is -0.367 e. The van der Waals surface area contributed by atoms with Crippen LogP contribution in [0.5, 0.6) is 0 Å². The molecule has 1 aromatic rings. The van der Waals surface area contributed by atoms with Crippen LogP contribution in [-0.2, 0) is 9.63 Å². The van der Waals surface area contributed by atoms with Gasteiger partial charge in [-0.15, -0.1) is 5.06 Å². The SMILES string of the molecule is CC(C)(C)C(=O)ON1CCC(c2ccccc2F)C(N)C1. The van der Waals surface area contributed by atoms with Crippen molar-refractivity contribution >= 4 is 5.97 Å². The van der Waals surface area contributed by atoms with E-state index in [0.29, 0.717) is 25.1 Å². The predicted molar refractivity (Wildman–Crippen MR) is 78.9 cm³/mol. The summed E-state index contributed by atoms with van der Waals surface area (Å²) in [7, 11) is 0. The average molecular weight is 294 g/mol. The van der Waals surface area contributed by atoms with E-state index in [9.17, 15) is 9.18 Å². The highest BCUT2D eigenvalue weighted by Gasteiger charge is 2.33. The van der Waals surface area contributed by atoms with Gasteiger partial charge in [0.1, 0.15) is 5.82 Å². The summed E-state index contributed by atoms with van der Waals surface area (Å²) in [6.07, 6.45) is 0.666. The summed E-state index contributed by atoms with van der Waals surface area (Å²) in [5, 5.41) is 1.59. The van der Waals surface area contributed by atoms with Crippen LogP contribution in [0.3, 0.4) is 0 Å². The summed E-state index contributed by atoms with van der Waals surface area (Å²) in [5.41, 5.74) is 6.25. The second-order valence-corrected chi connectivity index (χ2v) is 6.60. The van der Waals surface area contributed by atoms with Gasteiger partial charge >= 0.3 is 5.97 Å². The zero-order chi connectivity index (χ0) is 15.6. The third-order valence-electron chi connectivity index (χ3n) is 3.75. The number of hydrogen-bond donors (Lipinski definition) is 1. The molecule has 2 rings (SSSR count). The third-order valence-corrected chi connectivity index (χ3v) is 3.75. The summed E-state index contributed by atoms with van der Waals surface area (Å²) in [4.78, 5) is 17.2. The maximum atomic E-state index is 13.9. The van der Waals surface area contributed by atoms with Crippen molar-refractivity contribution in [1.82, 2.24) is 5.06 Å². The Balaban J connectivity index is 2.00. The molecule has 1 aliphatic heterocycles. The minimum atomic E-state index is -0.549. The number of carbonyl (C=O) groups excluding carboxylic acids is 1. The first-order valence-corrected chi connectivity index (χ1v) is 7.26. The van der Waals surface area contributed by atoms with Crippen molar-refractivity contribution < 1.29 is 14.0 Å². The Morgan fingerprint density at radius 2 is 2.05 bits per heavy atom. The van der Waals surface area contributed by atoms with Gasteiger partial charge in [0.05, 0.1) is 12.0 Å². The van der Waals surface area contributed by atoms with Crippen molar-refractivity contribution in [1.29, 1.82) is 0 Å². The Kier molecular flexibility index (Phi) is 4.64. The summed E-state index contributed by atoms with van der Waals surface area (Å²) in [5.74, 6) is -0.548. The van der Waals surface area contributed by atoms with E-state index in [0.717, 1.165) is 0 Å². The number of nitrogens with zero attached hydrogens (tertiary/aromatic N) is 1. The molecule has 0 bridgehead atoms. The molecule has 2 N–H and O–H groups in total. The molecule has 5 heteroatoms. The van der Waals surface area contributed by atoms with Gasteiger partial charge in [-0.3, -0.25) is 0 Å². The molecule has 21 heavy (non-hydrogen) atoms. The van der Waals surface area contributed by atoms with Crippen LogP contribution in [-0.4, -0.2) is 30.2 Å². The van der Waals surface area contributed by atoms with Crippen LogP contribution in [0.1, 0.15) is 38.7 Å². The molecular weight excluding hydrogens is 271 g/mol. The Bertz CT molecular complexity index is 513. The van der Waals surface area contributed by atoms with Gasteiger partial charge in [-0.05, 0) is 38.8 Å². The molecule has 116 valence electrons. The molecule has 1 aromatic carbocycles. The number of carbonyl (C=O) groups is 1. The van der Waals surface area contributed by atoms with Crippen LogP contribution in [0, 0.1) is 11.2 Å². The summed E-state index contributed by atoms with van der Waals surface area (Å²) in [6, 6.07) is 6.45. The van der Waals surface area contributed by atoms with Gasteiger partial charge in [0.2, 0.25) is 0 Å². The lowest BCUT2D eigenvalue weighted by atomic mass is 9.86. The highest BCUT2D eigenvalue weighted by molar-refractivity contribution is 5.75. The zero-order valence-electron chi connectivity index (χ0n) is 12.8. The maximum absolute atomic E-state index is 13.9. The highest BCUT2D eigenvalue weighted by Crippen LogP contribution is 2.29. The van der Waals surface area contributed by atoms with Gasteiger partial charge in [-0.25, -0.2) is 9.18 Å². The normalized spacial score (nSPS) is 23.9. The number of benzene rings is 1. The first-order chi connectivity index (χ1) is 9.79. The standard InChI is InChI=1S/C16H23FN2O2/c1-16(2,3)15(20)21-19-9-8-12(14(18)10-19)11-6-4-5-7-13(11)17/h4-7,12,14H,8-10,18H2,1-3H3. The van der Waals surface area contributed by atoms with Gasteiger partial charge in [-0.1, -0.05) is 18.2 Å². The van der Waals surface area contributed by atoms with Crippen molar-refractivity contribution in [3.05, 3.63) is 35.6 Å². The van der Waals surface area contributed by atoms with E-state index in [-0.39, 0.29) is 23.7 Å². The average Bonchev–Trinajstić information content (AvgIpc) is 2.39. The van der Waals surface area contributed by atoms with Crippen LogP contribution >= 0.6 is 0 Å². The number of hydroxylamine groups is 2. The van der Waals surface area contributed by atoms with Crippen LogP contribution < -0.4 is 5.73 Å². The van der Waals surface area contributed by atoms with E-state index in [1.807, 2.05) is 6.07 Å². The Morgan fingerprint density at radius 1 is 1.38 bits per heavy atom. The molecule has 1 saturated heterocycles. The second kappa shape index (κ2) is 6.12. The first-order valence-electron chi connectivity index (χ1n) is 7.26. The minimum absolute atomic E-state index is 0.0456. The van der Waals surface area contributed by atoms with Gasteiger partial charge < -0.3 is 10.6 Å². The van der Waals surface area contributed by atoms with Crippen molar-refractivity contribution in [2.45, 2.75) is 39.2 Å². The van der Waals surface area contributed by atoms with Crippen LogP contribution in [0.15, 0.2) is 24.3 Å². The first kappa shape index (κ1) is 15.9. The summed E-state index contributed by atoms with van der Waals surface area (Å²) in [6.45, 7) is 6.40. The third kappa shape index (κ3) is 3.80. The lowest BCUT2D eigenvalue weighted by Gasteiger charge is -2.36. The monoisotopic (exact) mass is 294 g/mol. The van der Waals surface area contributed by atoms with Crippen LogP contribution in [0.25, 0.3) is 0 Å². The van der Waals surface area contributed by atoms with Gasteiger partial charge in [0, 0.05) is 18.5 Å². The molecule has 0 amide bonds. The molecule has 0 spiro atoms. The van der Waals surface area contributed by atoms with E-state index in [1.54, 1.807) is 38.0 Å². The molecule has 2 atom stereocenters. The summed E-state index contributed by atoms with van der Waals surface area (Å²) < 4.78 is 13.9. The molecule has 4 nitrogen and oxygen atoms in total. The lowest BCUT2D eigenvalue weighted by molar-refractivity contribution is -0.205. The van der Waals surface area contributed by atoms with Crippen LogP contribution in [0.2, 0.25) is 0 Å². The number of nitrogens with two attached hydrogens (primary N) is 1. The Labute approximate surface area is 125 Å². The smallest absolute Gasteiger partial charge is 0.330 e. The van der Waals surface area contributed by atoms with E-state index in [4.69, 9.17) is 10.6 Å². The van der Waals surface area contributed by atoms with E-state index < -0.39 is 5.41 Å². The number of halogens is 1. The Hall–Kier alpha value is -1.46. The van der Waals surface area contributed by atoms with Crippen molar-refractivity contribution in [2.75, 3.05) is 13.1 Å². The molecule has 0 aliphatic carbocycles. The van der Waals surface area contributed by atoms with E-state index in [2.05, 4.69) is 0 Å². The topological polar surface area (TPSA) is 55.6 Å². The maximum Gasteiger partial charge on any atom is 0.330 e. The number of rotatable bonds is 2. The Morgan fingerprint density at radius 3 is 2.62 bits per heavy atom. The molecular formula is C16H23FN2O2. The van der Waals surface area contributed by atoms with E-state index >= 15 is 0 Å². The second-order valence-electron chi connectivity index (χ2n) is 6.60. The predicted octanol–water partition coefficient (Wildman–Crippen LogP) is 2.45. The van der Waals surface area contributed by atoms with Crippen molar-refractivity contribution in [3.8, 4) is 0 Å². The largest absolute Gasteiger partial charge is 0.367 e. The number of hydrogen-bond acceptors (Lipinski definition) is 4. The lowest BCUT2D eigenvalue weighted by Crippen LogP contribution is -2.49. The fourth-order valence-corrected chi connectivity index (χ4v) is 2.45. The van der Waals surface area contributed by atoms with E-state index in [1.165, 1.54) is 6.07 Å². The molecule has 0 radical (unpaired) electrons. The van der Waals surface area contributed by atoms with Gasteiger partial charge in [-0.2, -0.15) is 0 Å². The van der Waals surface area contributed by atoms with Gasteiger partial charge in [0.15, 0.2) is 0 Å². The quantitative estimate of drug-likeness (QED) is 0.910. The number of piperidine rings is 1. The van der Waals surface area contributed by atoms with Crippen molar-refractivity contribution in [2.24, 2.45) is 11.1 Å². The zero-order valence-corrected chi connectivity index (χ0v) is 12.8. The summed E-state index contributed by atoms with van der Waals surface area (Å²) >= 11 is 0. The fraction of sp³-hybridized carbons (Fsp3) is 0.562. The van der Waals surface area contributed by atoms with Crippen LogP contribution in [0.4, 0.5) is 4.39 Å². The molecule has 1 aliphatic rings. The molecule has 0 aromatic heterocycles. The molecule has 1 heterocycles. The highest BCUT2D eigenvalue weighted by atomic mass is 19.1. The molecule has 2 unspecified atom stereocenters. The van der Waals surface area contributed by atoms with Crippen molar-refractivity contribution in [3.63, 3.8) is 0 Å². The molecule has 0 saturated carbocycles. The molecule has 1 fully saturated rings. The fourth-order valence-electron chi connectivity index (χ4n) is 2.45.